The maximum atomic E-state index is 5.37. The van der Waals surface area contributed by atoms with Crippen LogP contribution in [0.25, 0.3) is 0 Å². The summed E-state index contributed by atoms with van der Waals surface area (Å²) in [5, 5.41) is 11.1. The summed E-state index contributed by atoms with van der Waals surface area (Å²) in [5.41, 5.74) is 0. The van der Waals surface area contributed by atoms with Gasteiger partial charge in [-0.2, -0.15) is 0 Å². The first-order valence-corrected chi connectivity index (χ1v) is 4.75. The first-order chi connectivity index (χ1) is 6.69. The smallest absolute Gasteiger partial charge is 0.149 e. The summed E-state index contributed by atoms with van der Waals surface area (Å²) in [6.45, 7) is 4.09. The van der Waals surface area contributed by atoms with Crippen LogP contribution in [0.1, 0.15) is 32.1 Å². The molecule has 0 bridgehead atoms. The van der Waals surface area contributed by atoms with E-state index in [0.29, 0.717) is 0 Å². The third-order valence-corrected chi connectivity index (χ3v) is 2.19. The molecule has 1 rings (SSSR count). The lowest BCUT2D eigenvalue weighted by molar-refractivity contribution is 0.481. The fraction of sp³-hybridized carbons (Fsp3) is 0.600. The molecular weight excluding hydrogens is 176 g/mol. The Kier molecular flexibility index (Phi) is 3.66. The second-order valence-electron chi connectivity index (χ2n) is 3.32. The molecule has 14 heavy (non-hydrogen) atoms. The fourth-order valence-corrected chi connectivity index (χ4v) is 1.34. The first kappa shape index (κ1) is 10.7. The molecule has 76 valence electrons. The number of terminal acetylenes is 1. The van der Waals surface area contributed by atoms with Crippen LogP contribution in [0.4, 0.5) is 0 Å². The van der Waals surface area contributed by atoms with Crippen LogP contribution in [-0.4, -0.2) is 20.8 Å². The van der Waals surface area contributed by atoms with E-state index in [1.54, 1.807) is 6.33 Å². The van der Waals surface area contributed by atoms with E-state index in [0.717, 1.165) is 12.2 Å². The molecule has 0 saturated heterocycles. The molecule has 1 heterocycles. The molecule has 0 aromatic carbocycles. The van der Waals surface area contributed by atoms with E-state index in [-0.39, 0.29) is 12.1 Å². The topological polar surface area (TPSA) is 42.7 Å². The van der Waals surface area contributed by atoms with Crippen LogP contribution < -0.4 is 5.32 Å². The Morgan fingerprint density at radius 1 is 1.71 bits per heavy atom. The number of aromatic nitrogens is 3. The molecule has 1 N–H and O–H groups in total. The molecule has 0 fully saturated rings. The highest BCUT2D eigenvalue weighted by molar-refractivity contribution is 5.02. The van der Waals surface area contributed by atoms with Crippen LogP contribution in [0.2, 0.25) is 0 Å². The van der Waals surface area contributed by atoms with Gasteiger partial charge in [0.1, 0.15) is 12.2 Å². The molecule has 0 aliphatic heterocycles. The molecule has 4 nitrogen and oxygen atoms in total. The highest BCUT2D eigenvalue weighted by atomic mass is 15.3. The minimum absolute atomic E-state index is 0.0988. The zero-order chi connectivity index (χ0) is 10.6. The van der Waals surface area contributed by atoms with Gasteiger partial charge in [-0.3, -0.25) is 5.32 Å². The fourth-order valence-electron chi connectivity index (χ4n) is 1.34. The van der Waals surface area contributed by atoms with Crippen molar-refractivity contribution in [3.05, 3.63) is 12.2 Å². The van der Waals surface area contributed by atoms with Gasteiger partial charge >= 0.3 is 0 Å². The van der Waals surface area contributed by atoms with Crippen LogP contribution in [-0.2, 0) is 7.05 Å². The van der Waals surface area contributed by atoms with Crippen molar-refractivity contribution in [2.45, 2.75) is 32.4 Å². The SMILES string of the molecule is C#CC(CC)NC(C)c1nncn1C. The van der Waals surface area contributed by atoms with Crippen molar-refractivity contribution in [2.75, 3.05) is 0 Å². The van der Waals surface area contributed by atoms with E-state index in [9.17, 15) is 0 Å². The van der Waals surface area contributed by atoms with Crippen LogP contribution >= 0.6 is 0 Å². The summed E-state index contributed by atoms with van der Waals surface area (Å²) in [6, 6.07) is 0.227. The molecule has 0 aliphatic carbocycles. The molecule has 0 saturated carbocycles. The third-order valence-electron chi connectivity index (χ3n) is 2.19. The van der Waals surface area contributed by atoms with Gasteiger partial charge < -0.3 is 4.57 Å². The maximum absolute atomic E-state index is 5.37. The van der Waals surface area contributed by atoms with Crippen molar-refractivity contribution in [2.24, 2.45) is 7.05 Å². The molecule has 0 radical (unpaired) electrons. The van der Waals surface area contributed by atoms with E-state index in [1.807, 2.05) is 18.5 Å². The summed E-state index contributed by atoms with van der Waals surface area (Å²) in [7, 11) is 1.92. The molecular formula is C10H16N4. The molecule has 2 atom stereocenters. The van der Waals surface area contributed by atoms with Gasteiger partial charge in [0.25, 0.3) is 0 Å². The van der Waals surface area contributed by atoms with E-state index >= 15 is 0 Å². The predicted molar refractivity (Wildman–Crippen MR) is 55.5 cm³/mol. The molecule has 0 aliphatic rings. The second kappa shape index (κ2) is 4.77. The van der Waals surface area contributed by atoms with Crippen molar-refractivity contribution in [3.8, 4) is 12.3 Å². The van der Waals surface area contributed by atoms with Crippen molar-refractivity contribution in [1.29, 1.82) is 0 Å². The zero-order valence-corrected chi connectivity index (χ0v) is 8.86. The van der Waals surface area contributed by atoms with Gasteiger partial charge in [-0.25, -0.2) is 0 Å². The standard InChI is InChI=1S/C10H16N4/c1-5-9(6-2)12-8(3)10-13-11-7-14(10)4/h1,7-9,12H,6H2,2-4H3. The van der Waals surface area contributed by atoms with Gasteiger partial charge in [0.15, 0.2) is 0 Å². The van der Waals surface area contributed by atoms with Crippen LogP contribution in [0.15, 0.2) is 6.33 Å². The Labute approximate surface area is 84.7 Å². The summed E-state index contributed by atoms with van der Waals surface area (Å²) in [5.74, 6) is 3.60. The lowest BCUT2D eigenvalue weighted by Gasteiger charge is -2.16. The van der Waals surface area contributed by atoms with Gasteiger partial charge in [0.2, 0.25) is 0 Å². The number of nitrogens with one attached hydrogen (secondary N) is 1. The lowest BCUT2D eigenvalue weighted by atomic mass is 10.2. The van der Waals surface area contributed by atoms with Crippen molar-refractivity contribution < 1.29 is 0 Å². The summed E-state index contributed by atoms with van der Waals surface area (Å²) < 4.78 is 1.89. The molecule has 2 unspecified atom stereocenters. The number of aryl methyl sites for hydroxylation is 1. The number of hydrogen-bond acceptors (Lipinski definition) is 3. The molecule has 4 heteroatoms. The number of nitrogens with zero attached hydrogens (tertiary/aromatic N) is 3. The van der Waals surface area contributed by atoms with Crippen LogP contribution in [0.3, 0.4) is 0 Å². The Bertz CT molecular complexity index is 323. The average Bonchev–Trinajstić information content (AvgIpc) is 2.60. The van der Waals surface area contributed by atoms with Gasteiger partial charge in [0, 0.05) is 7.05 Å². The summed E-state index contributed by atoms with van der Waals surface area (Å²) >= 11 is 0. The minimum atomic E-state index is 0.0988. The largest absolute Gasteiger partial charge is 0.319 e. The number of rotatable bonds is 4. The quantitative estimate of drug-likeness (QED) is 0.720. The van der Waals surface area contributed by atoms with Gasteiger partial charge in [-0.1, -0.05) is 12.8 Å². The molecule has 0 spiro atoms. The van der Waals surface area contributed by atoms with Gasteiger partial charge in [-0.15, -0.1) is 16.6 Å². The van der Waals surface area contributed by atoms with Crippen molar-refractivity contribution >= 4 is 0 Å². The third kappa shape index (κ3) is 2.33. The minimum Gasteiger partial charge on any atom is -0.319 e. The monoisotopic (exact) mass is 192 g/mol. The molecule has 1 aromatic heterocycles. The van der Waals surface area contributed by atoms with Crippen molar-refractivity contribution in [3.63, 3.8) is 0 Å². The predicted octanol–water partition coefficient (Wildman–Crippen LogP) is 0.877. The Morgan fingerprint density at radius 2 is 2.43 bits per heavy atom. The van der Waals surface area contributed by atoms with Crippen LogP contribution in [0, 0.1) is 12.3 Å². The van der Waals surface area contributed by atoms with Gasteiger partial charge in [0.05, 0.1) is 12.1 Å². The summed E-state index contributed by atoms with van der Waals surface area (Å²) in [4.78, 5) is 0. The van der Waals surface area contributed by atoms with Gasteiger partial charge in [-0.05, 0) is 13.3 Å². The second-order valence-corrected chi connectivity index (χ2v) is 3.32. The van der Waals surface area contributed by atoms with E-state index in [1.165, 1.54) is 0 Å². The summed E-state index contributed by atoms with van der Waals surface area (Å²) in [6.07, 6.45) is 7.97. The first-order valence-electron chi connectivity index (χ1n) is 4.75. The van der Waals surface area contributed by atoms with E-state index in [2.05, 4.69) is 28.4 Å². The highest BCUT2D eigenvalue weighted by Crippen LogP contribution is 2.08. The molecule has 1 aromatic rings. The van der Waals surface area contributed by atoms with Crippen LogP contribution in [0.5, 0.6) is 0 Å². The molecule has 0 amide bonds. The Balaban J connectivity index is 2.63. The van der Waals surface area contributed by atoms with Crippen molar-refractivity contribution in [1.82, 2.24) is 20.1 Å². The Hall–Kier alpha value is -1.34. The zero-order valence-electron chi connectivity index (χ0n) is 8.86. The highest BCUT2D eigenvalue weighted by Gasteiger charge is 2.13. The van der Waals surface area contributed by atoms with E-state index in [4.69, 9.17) is 6.42 Å². The maximum Gasteiger partial charge on any atom is 0.149 e. The Morgan fingerprint density at radius 3 is 2.86 bits per heavy atom. The average molecular weight is 192 g/mol. The normalized spacial score (nSPS) is 14.7. The lowest BCUT2D eigenvalue weighted by Crippen LogP contribution is -2.31. The van der Waals surface area contributed by atoms with E-state index < -0.39 is 0 Å². The number of hydrogen-bond donors (Lipinski definition) is 1.